The first-order chi connectivity index (χ1) is 11.1. The Morgan fingerprint density at radius 3 is 2.43 bits per heavy atom. The van der Waals surface area contributed by atoms with Crippen molar-refractivity contribution >= 4 is 6.03 Å². The van der Waals surface area contributed by atoms with Crippen molar-refractivity contribution in [2.24, 2.45) is 0 Å². The Hall–Kier alpha value is -1.75. The van der Waals surface area contributed by atoms with Gasteiger partial charge in [0, 0.05) is 38.8 Å². The van der Waals surface area contributed by atoms with Gasteiger partial charge >= 0.3 is 6.03 Å². The number of piperidine rings is 1. The minimum Gasteiger partial charge on any atom is -0.491 e. The average molecular weight is 317 g/mol. The highest BCUT2D eigenvalue weighted by atomic mass is 16.5. The number of hydrogen-bond donors (Lipinski definition) is 1. The van der Waals surface area contributed by atoms with Gasteiger partial charge in [-0.2, -0.15) is 0 Å². The molecule has 2 aliphatic heterocycles. The van der Waals surface area contributed by atoms with E-state index in [4.69, 9.17) is 4.74 Å². The summed E-state index contributed by atoms with van der Waals surface area (Å²) >= 11 is 0. The number of hydrogen-bond acceptors (Lipinski definition) is 3. The van der Waals surface area contributed by atoms with Crippen molar-refractivity contribution in [1.29, 1.82) is 0 Å². The summed E-state index contributed by atoms with van der Waals surface area (Å²) in [4.78, 5) is 16.2. The fourth-order valence-electron chi connectivity index (χ4n) is 3.43. The maximum atomic E-state index is 11.7. The molecule has 1 aromatic carbocycles. The Kier molecular flexibility index (Phi) is 5.06. The molecule has 5 nitrogen and oxygen atoms in total. The van der Waals surface area contributed by atoms with Gasteiger partial charge in [0.25, 0.3) is 0 Å². The lowest BCUT2D eigenvalue weighted by Crippen LogP contribution is -2.45. The molecule has 2 fully saturated rings. The van der Waals surface area contributed by atoms with E-state index in [-0.39, 0.29) is 12.1 Å². The van der Waals surface area contributed by atoms with Crippen molar-refractivity contribution < 1.29 is 9.53 Å². The van der Waals surface area contributed by atoms with E-state index in [9.17, 15) is 4.79 Å². The van der Waals surface area contributed by atoms with Crippen molar-refractivity contribution in [2.75, 3.05) is 26.2 Å². The molecule has 2 amide bonds. The minimum atomic E-state index is 0.115. The van der Waals surface area contributed by atoms with Gasteiger partial charge in [0.15, 0.2) is 0 Å². The van der Waals surface area contributed by atoms with Crippen molar-refractivity contribution in [3.05, 3.63) is 29.8 Å². The van der Waals surface area contributed by atoms with Crippen LogP contribution in [0.5, 0.6) is 5.75 Å². The molecule has 126 valence electrons. The number of carbonyl (C=O) groups excluding carboxylic acids is 1. The Morgan fingerprint density at radius 1 is 1.17 bits per heavy atom. The van der Waals surface area contributed by atoms with Gasteiger partial charge < -0.3 is 15.0 Å². The molecule has 0 saturated carbocycles. The third kappa shape index (κ3) is 4.16. The number of urea groups is 1. The minimum absolute atomic E-state index is 0.115. The van der Waals surface area contributed by atoms with Gasteiger partial charge in [0.05, 0.1) is 6.10 Å². The van der Waals surface area contributed by atoms with Crippen molar-refractivity contribution in [3.63, 3.8) is 0 Å². The van der Waals surface area contributed by atoms with Crippen LogP contribution >= 0.6 is 0 Å². The van der Waals surface area contributed by atoms with Crippen LogP contribution < -0.4 is 10.1 Å². The molecule has 5 heteroatoms. The van der Waals surface area contributed by atoms with Gasteiger partial charge in [-0.05, 0) is 44.4 Å². The van der Waals surface area contributed by atoms with Gasteiger partial charge in [-0.25, -0.2) is 4.79 Å². The van der Waals surface area contributed by atoms with E-state index in [0.717, 1.165) is 51.3 Å². The summed E-state index contributed by atoms with van der Waals surface area (Å²) in [6, 6.07) is 8.93. The van der Waals surface area contributed by atoms with E-state index < -0.39 is 0 Å². The quantitative estimate of drug-likeness (QED) is 0.907. The molecule has 2 heterocycles. The topological polar surface area (TPSA) is 44.8 Å². The molecule has 2 aliphatic rings. The molecule has 0 unspecified atom stereocenters. The highest BCUT2D eigenvalue weighted by Gasteiger charge is 2.30. The van der Waals surface area contributed by atoms with Crippen LogP contribution in [-0.2, 0) is 6.54 Å². The summed E-state index contributed by atoms with van der Waals surface area (Å²) in [7, 11) is 0. The summed E-state index contributed by atoms with van der Waals surface area (Å²) < 4.78 is 5.68. The molecular formula is C18H27N3O2. The Labute approximate surface area is 138 Å². The second-order valence-corrected chi connectivity index (χ2v) is 6.74. The Bertz CT molecular complexity index is 522. The lowest BCUT2D eigenvalue weighted by atomic mass is 10.0. The van der Waals surface area contributed by atoms with Gasteiger partial charge in [0.1, 0.15) is 5.75 Å². The Morgan fingerprint density at radius 2 is 1.87 bits per heavy atom. The smallest absolute Gasteiger partial charge is 0.317 e. The van der Waals surface area contributed by atoms with Crippen LogP contribution in [0.25, 0.3) is 0 Å². The van der Waals surface area contributed by atoms with Crippen LogP contribution in [0.4, 0.5) is 4.79 Å². The van der Waals surface area contributed by atoms with Crippen molar-refractivity contribution in [3.8, 4) is 5.75 Å². The number of amides is 2. The number of likely N-dealkylation sites (tertiary alicyclic amines) is 1. The third-order valence-corrected chi connectivity index (χ3v) is 4.59. The summed E-state index contributed by atoms with van der Waals surface area (Å²) in [6.07, 6.45) is 2.35. The maximum absolute atomic E-state index is 11.7. The molecule has 0 bridgehead atoms. The highest BCUT2D eigenvalue weighted by Crippen LogP contribution is 2.21. The predicted octanol–water partition coefficient (Wildman–Crippen LogP) is 2.46. The summed E-state index contributed by atoms with van der Waals surface area (Å²) in [5.41, 5.74) is 1.32. The van der Waals surface area contributed by atoms with E-state index in [1.165, 1.54) is 5.56 Å². The first-order valence-corrected chi connectivity index (χ1v) is 8.64. The molecule has 0 atom stereocenters. The standard InChI is InChI=1S/C18H27N3O2/c1-14(2)23-17-5-3-15(4-6-17)13-20-10-7-16(8-11-20)21-12-9-19-18(21)22/h3-6,14,16H,7-13H2,1-2H3,(H,19,22). The lowest BCUT2D eigenvalue weighted by Gasteiger charge is -2.36. The average Bonchev–Trinajstić information content (AvgIpc) is 2.96. The maximum Gasteiger partial charge on any atom is 0.317 e. The van der Waals surface area contributed by atoms with Crippen LogP contribution in [0, 0.1) is 0 Å². The van der Waals surface area contributed by atoms with Crippen molar-refractivity contribution in [1.82, 2.24) is 15.1 Å². The van der Waals surface area contributed by atoms with Crippen LogP contribution in [0.15, 0.2) is 24.3 Å². The zero-order valence-electron chi connectivity index (χ0n) is 14.1. The van der Waals surface area contributed by atoms with Crippen LogP contribution in [0.2, 0.25) is 0 Å². The van der Waals surface area contributed by atoms with E-state index in [0.29, 0.717) is 6.04 Å². The fraction of sp³-hybridized carbons (Fsp3) is 0.611. The molecule has 0 aromatic heterocycles. The zero-order valence-corrected chi connectivity index (χ0v) is 14.1. The molecule has 0 aliphatic carbocycles. The normalized spacial score (nSPS) is 20.1. The first-order valence-electron chi connectivity index (χ1n) is 8.64. The molecule has 1 N–H and O–H groups in total. The van der Waals surface area contributed by atoms with Gasteiger partial charge in [-0.3, -0.25) is 4.90 Å². The largest absolute Gasteiger partial charge is 0.491 e. The fourth-order valence-corrected chi connectivity index (χ4v) is 3.43. The highest BCUT2D eigenvalue weighted by molar-refractivity contribution is 5.76. The molecule has 0 spiro atoms. The second-order valence-electron chi connectivity index (χ2n) is 6.74. The SMILES string of the molecule is CC(C)Oc1ccc(CN2CCC(N3CCNC3=O)CC2)cc1. The number of rotatable bonds is 5. The number of nitrogens with one attached hydrogen (secondary N) is 1. The second kappa shape index (κ2) is 7.21. The van der Waals surface area contributed by atoms with Gasteiger partial charge in [-0.15, -0.1) is 0 Å². The molecular weight excluding hydrogens is 290 g/mol. The molecule has 2 saturated heterocycles. The first kappa shape index (κ1) is 16.1. The van der Waals surface area contributed by atoms with E-state index in [2.05, 4.69) is 34.5 Å². The third-order valence-electron chi connectivity index (χ3n) is 4.59. The predicted molar refractivity (Wildman–Crippen MR) is 90.6 cm³/mol. The molecule has 0 radical (unpaired) electrons. The Balaban J connectivity index is 1.47. The number of nitrogens with zero attached hydrogens (tertiary/aromatic N) is 2. The molecule has 3 rings (SSSR count). The zero-order chi connectivity index (χ0) is 16.2. The molecule has 23 heavy (non-hydrogen) atoms. The van der Waals surface area contributed by atoms with Crippen LogP contribution in [0.3, 0.4) is 0 Å². The van der Waals surface area contributed by atoms with Crippen molar-refractivity contribution in [2.45, 2.75) is 45.4 Å². The summed E-state index contributed by atoms with van der Waals surface area (Å²) in [5.74, 6) is 0.933. The van der Waals surface area contributed by atoms with Gasteiger partial charge in [0.2, 0.25) is 0 Å². The van der Waals surface area contributed by atoms with E-state index in [1.807, 2.05) is 18.7 Å². The van der Waals surface area contributed by atoms with Gasteiger partial charge in [-0.1, -0.05) is 12.1 Å². The summed E-state index contributed by atoms with van der Waals surface area (Å²) in [6.45, 7) is 8.82. The van der Waals surface area contributed by atoms with E-state index in [1.54, 1.807) is 0 Å². The number of carbonyl (C=O) groups is 1. The van der Waals surface area contributed by atoms with E-state index >= 15 is 0 Å². The number of benzene rings is 1. The molecule has 1 aromatic rings. The van der Waals surface area contributed by atoms with Crippen LogP contribution in [0.1, 0.15) is 32.3 Å². The summed E-state index contributed by atoms with van der Waals surface area (Å²) in [5, 5.41) is 2.90. The number of ether oxygens (including phenoxy) is 1. The lowest BCUT2D eigenvalue weighted by molar-refractivity contribution is 0.132. The van der Waals surface area contributed by atoms with Crippen LogP contribution in [-0.4, -0.2) is 54.2 Å². The monoisotopic (exact) mass is 317 g/mol.